The van der Waals surface area contributed by atoms with Crippen molar-refractivity contribution in [3.8, 4) is 11.5 Å². The maximum Gasteiger partial charge on any atom is 0.573 e. The van der Waals surface area contributed by atoms with Gasteiger partial charge in [0.25, 0.3) is 23.6 Å². The standard InChI is InChI=1S/C30H26Cl2F3N5O6.C25H19Cl2F3N4O5.C5H9NO2/c1-28(13-16-2-4-21(5-3-16)46-30(33,34)35)25(44)39(20-11-18(31)10-19(32)12-20)27-36-14-22(40(27)28)23(41)37-29(7-8-29)26(45)38-9-6-17(15-38)24(42)43;1-23(11-13-2-4-17(5-3-13)39-25(28,29)30)20(36)33(16-9-14(26)8-15(27)10-16)22-31-12-18(34(22)23)19(35)32-24(6-7-24)21(37)38;7-5(8)4-1-2-6-3-4/h2-5,10-12,14,17H,6-9,13,15H2,1H3,(H,37,41)(H,42,43);2-5,8-10,12H,6-7,11H2,1H3,(H,32,35)(H,37,38);4,6H,1-3H2,(H,7,8)/t17-,28-;23-;/m11./s1. The van der Waals surface area contributed by atoms with E-state index in [-0.39, 0.29) is 105 Å². The van der Waals surface area contributed by atoms with Crippen LogP contribution in [-0.2, 0) is 52.7 Å². The average Bonchev–Trinajstić information content (AvgIpc) is 1.56. The maximum atomic E-state index is 14.2. The van der Waals surface area contributed by atoms with Crippen LogP contribution in [0.3, 0.4) is 0 Å². The first-order chi connectivity index (χ1) is 43.6. The predicted octanol–water partition coefficient (Wildman–Crippen LogP) is 9.67. The summed E-state index contributed by atoms with van der Waals surface area (Å²) in [6, 6.07) is 18.9. The van der Waals surface area contributed by atoms with Crippen LogP contribution in [0.25, 0.3) is 0 Å². The van der Waals surface area contributed by atoms with Crippen molar-refractivity contribution < 1.29 is 89.5 Å². The van der Waals surface area contributed by atoms with Crippen molar-refractivity contribution in [3.05, 3.63) is 140 Å². The number of hydrogen-bond acceptors (Lipinski definition) is 13. The zero-order valence-electron chi connectivity index (χ0n) is 48.7. The third-order valence-corrected chi connectivity index (χ3v) is 17.4. The summed E-state index contributed by atoms with van der Waals surface area (Å²) < 4.78 is 86.6. The van der Waals surface area contributed by atoms with E-state index in [1.165, 1.54) is 96.9 Å². The molecule has 0 spiro atoms. The first-order valence-corrected chi connectivity index (χ1v) is 30.0. The van der Waals surface area contributed by atoms with Gasteiger partial charge in [-0.25, -0.2) is 24.6 Å². The lowest BCUT2D eigenvalue weighted by atomic mass is 9.91. The Bertz CT molecular complexity index is 3950. The fourth-order valence-corrected chi connectivity index (χ4v) is 12.6. The molecule has 1 unspecified atom stereocenters. The normalized spacial score (nSPS) is 21.4. The summed E-state index contributed by atoms with van der Waals surface area (Å²) in [5.74, 6) is -7.24. The second-order valence-electron chi connectivity index (χ2n) is 23.4. The van der Waals surface area contributed by atoms with Gasteiger partial charge in [-0.2, -0.15) is 0 Å². The molecule has 4 atom stereocenters. The monoisotopic (exact) mass is 1380 g/mol. The number of benzene rings is 4. The molecule has 2 aliphatic carbocycles. The Morgan fingerprint density at radius 3 is 1.32 bits per heavy atom. The van der Waals surface area contributed by atoms with Crippen LogP contribution < -0.4 is 35.2 Å². The van der Waals surface area contributed by atoms with Crippen molar-refractivity contribution in [2.45, 2.75) is 100 Å². The van der Waals surface area contributed by atoms with E-state index in [4.69, 9.17) is 51.5 Å². The first kappa shape index (κ1) is 67.3. The third-order valence-electron chi connectivity index (χ3n) is 16.5. The molecule has 4 aromatic carbocycles. The van der Waals surface area contributed by atoms with E-state index in [1.54, 1.807) is 13.8 Å². The second-order valence-corrected chi connectivity index (χ2v) is 25.1. The van der Waals surface area contributed by atoms with Crippen LogP contribution in [0.1, 0.15) is 84.5 Å². The Hall–Kier alpha value is -8.64. The molecule has 93 heavy (non-hydrogen) atoms. The zero-order valence-corrected chi connectivity index (χ0v) is 51.7. The highest BCUT2D eigenvalue weighted by Gasteiger charge is 2.58. The summed E-state index contributed by atoms with van der Waals surface area (Å²) in [7, 11) is 0. The average molecular weight is 1380 g/mol. The molecule has 492 valence electrons. The van der Waals surface area contributed by atoms with Gasteiger partial charge in [-0.05, 0) is 131 Å². The minimum absolute atomic E-state index is 0.0394. The number of carbonyl (C=O) groups is 8. The second kappa shape index (κ2) is 25.3. The van der Waals surface area contributed by atoms with E-state index < -0.39 is 93.8 Å². The van der Waals surface area contributed by atoms with Crippen molar-refractivity contribution in [2.24, 2.45) is 11.8 Å². The Balaban J connectivity index is 0.000000183. The van der Waals surface area contributed by atoms with Crippen LogP contribution in [0.4, 0.5) is 49.6 Å². The van der Waals surface area contributed by atoms with E-state index in [0.717, 1.165) is 37.2 Å². The van der Waals surface area contributed by atoms with E-state index in [2.05, 4.69) is 35.4 Å². The minimum atomic E-state index is -4.88. The maximum absolute atomic E-state index is 14.2. The molecule has 2 aromatic heterocycles. The van der Waals surface area contributed by atoms with Gasteiger partial charge in [-0.1, -0.05) is 70.7 Å². The lowest BCUT2D eigenvalue weighted by molar-refractivity contribution is -0.275. The largest absolute Gasteiger partial charge is 0.573 e. The summed E-state index contributed by atoms with van der Waals surface area (Å²) in [5.41, 5.74) is -4.28. The fourth-order valence-electron chi connectivity index (χ4n) is 11.6. The van der Waals surface area contributed by atoms with Crippen LogP contribution in [0.15, 0.2) is 97.3 Å². The quantitative estimate of drug-likeness (QED) is 0.0491. The lowest BCUT2D eigenvalue weighted by Crippen LogP contribution is -2.51. The number of amides is 5. The molecule has 4 aliphatic heterocycles. The number of rotatable bonds is 16. The number of ether oxygens (including phenoxy) is 2. The Labute approximate surface area is 543 Å². The van der Waals surface area contributed by atoms with Gasteiger partial charge in [-0.15, -0.1) is 26.3 Å². The smallest absolute Gasteiger partial charge is 0.481 e. The van der Waals surface area contributed by atoms with E-state index in [1.807, 2.05) is 0 Å². The number of alkyl halides is 6. The number of carbonyl (C=O) groups excluding carboxylic acids is 5. The third kappa shape index (κ3) is 14.2. The van der Waals surface area contributed by atoms with Gasteiger partial charge in [0.05, 0.1) is 35.6 Å². The van der Waals surface area contributed by atoms with Crippen LogP contribution in [0.5, 0.6) is 11.5 Å². The summed E-state index contributed by atoms with van der Waals surface area (Å²) >= 11 is 24.8. The lowest BCUT2D eigenvalue weighted by Gasteiger charge is -2.28. The van der Waals surface area contributed by atoms with Gasteiger partial charge >= 0.3 is 30.6 Å². The number of likely N-dealkylation sites (tertiary alicyclic amines) is 1. The van der Waals surface area contributed by atoms with Gasteiger partial charge in [0.15, 0.2) is 0 Å². The molecule has 6 heterocycles. The highest BCUT2D eigenvalue weighted by molar-refractivity contribution is 6.36. The van der Waals surface area contributed by atoms with Crippen molar-refractivity contribution in [2.75, 3.05) is 36.0 Å². The number of nitrogens with one attached hydrogen (secondary N) is 3. The Morgan fingerprint density at radius 2 is 1.00 bits per heavy atom. The number of anilines is 4. The molecule has 2 saturated heterocycles. The molecule has 0 radical (unpaired) electrons. The van der Waals surface area contributed by atoms with Crippen LogP contribution in [0.2, 0.25) is 20.1 Å². The summed E-state index contributed by atoms with van der Waals surface area (Å²) in [6.45, 7) is 4.92. The van der Waals surface area contributed by atoms with Crippen LogP contribution >= 0.6 is 46.4 Å². The minimum Gasteiger partial charge on any atom is -0.481 e. The Morgan fingerprint density at radius 1 is 0.602 bits per heavy atom. The Kier molecular flexibility index (Phi) is 18.3. The van der Waals surface area contributed by atoms with Gasteiger partial charge in [0.2, 0.25) is 17.8 Å². The number of aliphatic carboxylic acids is 3. The first-order valence-electron chi connectivity index (χ1n) is 28.4. The van der Waals surface area contributed by atoms with Crippen molar-refractivity contribution in [1.82, 2.24) is 40.0 Å². The zero-order chi connectivity index (χ0) is 67.5. The molecule has 12 rings (SSSR count). The van der Waals surface area contributed by atoms with E-state index >= 15 is 0 Å². The molecule has 6 aromatic rings. The van der Waals surface area contributed by atoms with Gasteiger partial charge in [0.1, 0.15) is 45.0 Å². The summed E-state index contributed by atoms with van der Waals surface area (Å²) in [4.78, 5) is 115. The number of carboxylic acids is 3. The predicted molar refractivity (Wildman–Crippen MR) is 320 cm³/mol. The van der Waals surface area contributed by atoms with Crippen molar-refractivity contribution in [3.63, 3.8) is 0 Å². The summed E-state index contributed by atoms with van der Waals surface area (Å²) in [6.07, 6.45) is -5.06. The number of fused-ring (bicyclic) bond motifs is 2. The van der Waals surface area contributed by atoms with E-state index in [0.29, 0.717) is 36.9 Å². The molecule has 0 bridgehead atoms. The fraction of sp³-hybridized carbons (Fsp3) is 0.367. The number of imidazole rings is 2. The number of carboxylic acid groups (broad SMARTS) is 3. The number of nitrogens with zero attached hydrogens (tertiary/aromatic N) is 7. The topological polar surface area (TPSA) is 297 Å². The SMILES string of the molecule is C[C@@]1(Cc2ccc(OC(F)(F)F)cc2)C(=O)N(c2cc(Cl)cc(Cl)c2)c2ncc(C(=O)NC3(C(=O)N4CC[C@@H](C(=O)O)C4)CC3)n21.C[C@@]1(Cc2ccc(OC(F)(F)F)cc2)C(=O)N(c2cc(Cl)cc(Cl)c2)c2ncc(C(=O)NC3(C(=O)O)CC3)n21.O=C(O)C1CCNC1. The van der Waals surface area contributed by atoms with Crippen LogP contribution in [0, 0.1) is 11.8 Å². The van der Waals surface area contributed by atoms with Gasteiger partial charge in [0, 0.05) is 52.6 Å². The number of halogens is 10. The molecular weight excluding hydrogens is 1320 g/mol. The van der Waals surface area contributed by atoms with Crippen LogP contribution in [-0.4, -0.2) is 137 Å². The molecule has 2 saturated carbocycles. The van der Waals surface area contributed by atoms with Gasteiger partial charge < -0.3 is 45.6 Å². The molecule has 5 amide bonds. The molecule has 4 fully saturated rings. The van der Waals surface area contributed by atoms with Gasteiger partial charge in [-0.3, -0.25) is 42.7 Å². The molecule has 6 aliphatic rings. The molecular formula is C60H54Cl4F6N10O13. The van der Waals surface area contributed by atoms with Crippen molar-refractivity contribution in [1.29, 1.82) is 0 Å². The summed E-state index contributed by atoms with van der Waals surface area (Å²) in [5, 5.41) is 36.5. The van der Waals surface area contributed by atoms with Crippen molar-refractivity contribution >= 4 is 117 Å². The highest BCUT2D eigenvalue weighted by atomic mass is 35.5. The highest BCUT2D eigenvalue weighted by Crippen LogP contribution is 2.47. The molecule has 33 heteroatoms. The van der Waals surface area contributed by atoms with E-state index in [9.17, 15) is 74.9 Å². The number of hydrogen-bond donors (Lipinski definition) is 6. The molecule has 23 nitrogen and oxygen atoms in total. The molecule has 6 N–H and O–H groups in total. The number of aromatic nitrogens is 4.